The normalized spacial score (nSPS) is 25.9. The van der Waals surface area contributed by atoms with Crippen molar-refractivity contribution in [1.29, 1.82) is 0 Å². The summed E-state index contributed by atoms with van der Waals surface area (Å²) in [5.41, 5.74) is 8.72. The van der Waals surface area contributed by atoms with Crippen molar-refractivity contribution in [2.75, 3.05) is 18.0 Å². The highest BCUT2D eigenvalue weighted by Crippen LogP contribution is 2.28. The van der Waals surface area contributed by atoms with Gasteiger partial charge in [-0.25, -0.2) is 0 Å². The van der Waals surface area contributed by atoms with Crippen molar-refractivity contribution in [1.82, 2.24) is 0 Å². The highest BCUT2D eigenvalue weighted by Gasteiger charge is 2.26. The average molecular weight is 283 g/mol. The molecular formula is C13H19BrN2. The zero-order chi connectivity index (χ0) is 11.8. The molecule has 0 radical (unpaired) electrons. The topological polar surface area (TPSA) is 29.3 Å². The van der Waals surface area contributed by atoms with Crippen LogP contribution in [0.1, 0.15) is 25.3 Å². The second kappa shape index (κ2) is 4.38. The second-order valence-electron chi connectivity index (χ2n) is 5.11. The molecule has 0 aliphatic carbocycles. The summed E-state index contributed by atoms with van der Waals surface area (Å²) in [6.07, 6.45) is 2.30. The maximum atomic E-state index is 6.22. The first-order chi connectivity index (χ1) is 7.48. The van der Waals surface area contributed by atoms with Crippen LogP contribution in [0.4, 0.5) is 5.69 Å². The minimum absolute atomic E-state index is 0.0460. The number of halogens is 1. The number of nitrogens with two attached hydrogens (primary N) is 1. The summed E-state index contributed by atoms with van der Waals surface area (Å²) in [6.45, 7) is 6.31. The van der Waals surface area contributed by atoms with Gasteiger partial charge in [-0.1, -0.05) is 22.0 Å². The summed E-state index contributed by atoms with van der Waals surface area (Å²) >= 11 is 3.58. The third-order valence-corrected chi connectivity index (χ3v) is 4.10. The van der Waals surface area contributed by atoms with Crippen LogP contribution < -0.4 is 10.6 Å². The van der Waals surface area contributed by atoms with Gasteiger partial charge in [0.1, 0.15) is 0 Å². The summed E-state index contributed by atoms with van der Waals surface area (Å²) < 4.78 is 1.18. The minimum Gasteiger partial charge on any atom is -0.370 e. The van der Waals surface area contributed by atoms with Crippen LogP contribution in [0, 0.1) is 6.92 Å². The van der Waals surface area contributed by atoms with E-state index in [1.54, 1.807) is 0 Å². The molecule has 1 heterocycles. The third-order valence-electron chi connectivity index (χ3n) is 3.25. The Kier molecular flexibility index (Phi) is 3.27. The first kappa shape index (κ1) is 11.9. The molecule has 1 aliphatic heterocycles. The van der Waals surface area contributed by atoms with E-state index in [1.165, 1.54) is 22.1 Å². The van der Waals surface area contributed by atoms with Crippen LogP contribution in [0.15, 0.2) is 22.7 Å². The van der Waals surface area contributed by atoms with Gasteiger partial charge in [0.25, 0.3) is 0 Å². The Balaban J connectivity index is 2.20. The highest BCUT2D eigenvalue weighted by molar-refractivity contribution is 9.10. The van der Waals surface area contributed by atoms with Gasteiger partial charge in [-0.2, -0.15) is 0 Å². The van der Waals surface area contributed by atoms with Crippen LogP contribution in [0.2, 0.25) is 0 Å². The number of anilines is 1. The molecule has 0 spiro atoms. The van der Waals surface area contributed by atoms with E-state index < -0.39 is 0 Å². The molecule has 1 saturated heterocycles. The lowest BCUT2D eigenvalue weighted by Crippen LogP contribution is -2.52. The van der Waals surface area contributed by atoms with Crippen LogP contribution >= 0.6 is 15.9 Å². The minimum atomic E-state index is -0.0460. The van der Waals surface area contributed by atoms with Gasteiger partial charge in [0.05, 0.1) is 0 Å². The summed E-state index contributed by atoms with van der Waals surface area (Å²) in [5, 5.41) is 0. The molecule has 2 rings (SSSR count). The Morgan fingerprint density at radius 2 is 2.19 bits per heavy atom. The van der Waals surface area contributed by atoms with E-state index in [2.05, 4.69) is 52.9 Å². The Morgan fingerprint density at radius 1 is 1.44 bits per heavy atom. The molecule has 1 aromatic carbocycles. The second-order valence-corrected chi connectivity index (χ2v) is 5.97. The summed E-state index contributed by atoms with van der Waals surface area (Å²) in [7, 11) is 0. The van der Waals surface area contributed by atoms with E-state index in [-0.39, 0.29) is 5.54 Å². The standard InChI is InChI=1S/C13H19BrN2/c1-10-4-5-11(8-12(10)14)16-7-3-6-13(2,15)9-16/h4-5,8H,3,6-7,9,15H2,1-2H3. The van der Waals surface area contributed by atoms with Gasteiger partial charge in [0.2, 0.25) is 0 Å². The number of hydrogen-bond donors (Lipinski definition) is 1. The molecule has 3 heteroatoms. The monoisotopic (exact) mass is 282 g/mol. The van der Waals surface area contributed by atoms with Crippen LogP contribution in [0.25, 0.3) is 0 Å². The van der Waals surface area contributed by atoms with Gasteiger partial charge in [-0.15, -0.1) is 0 Å². The molecule has 1 fully saturated rings. The fourth-order valence-electron chi connectivity index (χ4n) is 2.27. The molecule has 0 amide bonds. The van der Waals surface area contributed by atoms with E-state index in [4.69, 9.17) is 5.73 Å². The number of nitrogens with zero attached hydrogens (tertiary/aromatic N) is 1. The molecule has 2 N–H and O–H groups in total. The Morgan fingerprint density at radius 3 is 2.81 bits per heavy atom. The molecule has 2 nitrogen and oxygen atoms in total. The Hall–Kier alpha value is -0.540. The van der Waals surface area contributed by atoms with E-state index in [0.717, 1.165) is 19.5 Å². The predicted octanol–water partition coefficient (Wildman–Crippen LogP) is 3.08. The first-order valence-corrected chi connectivity index (χ1v) is 6.57. The Bertz CT molecular complexity index is 388. The zero-order valence-electron chi connectivity index (χ0n) is 9.96. The van der Waals surface area contributed by atoms with Crippen molar-refractivity contribution in [3.05, 3.63) is 28.2 Å². The highest BCUT2D eigenvalue weighted by atomic mass is 79.9. The Labute approximate surface area is 106 Å². The number of rotatable bonds is 1. The van der Waals surface area contributed by atoms with Gasteiger partial charge in [-0.3, -0.25) is 0 Å². The quantitative estimate of drug-likeness (QED) is 0.858. The number of hydrogen-bond acceptors (Lipinski definition) is 2. The van der Waals surface area contributed by atoms with Crippen LogP contribution in [-0.4, -0.2) is 18.6 Å². The van der Waals surface area contributed by atoms with E-state index in [0.29, 0.717) is 0 Å². The third kappa shape index (κ3) is 2.58. The molecule has 1 atom stereocenters. The number of aryl methyl sites for hydroxylation is 1. The molecule has 16 heavy (non-hydrogen) atoms. The molecule has 1 unspecified atom stereocenters. The zero-order valence-corrected chi connectivity index (χ0v) is 11.5. The summed E-state index contributed by atoms with van der Waals surface area (Å²) in [5.74, 6) is 0. The SMILES string of the molecule is Cc1ccc(N2CCCC(C)(N)C2)cc1Br. The molecule has 0 saturated carbocycles. The summed E-state index contributed by atoms with van der Waals surface area (Å²) in [6, 6.07) is 6.53. The van der Waals surface area contributed by atoms with E-state index >= 15 is 0 Å². The lowest BCUT2D eigenvalue weighted by Gasteiger charge is -2.39. The summed E-state index contributed by atoms with van der Waals surface area (Å²) in [4.78, 5) is 2.38. The molecule has 88 valence electrons. The van der Waals surface area contributed by atoms with Crippen molar-refractivity contribution >= 4 is 21.6 Å². The lowest BCUT2D eigenvalue weighted by molar-refractivity contribution is 0.375. The van der Waals surface area contributed by atoms with Gasteiger partial charge >= 0.3 is 0 Å². The maximum Gasteiger partial charge on any atom is 0.0378 e. The average Bonchev–Trinajstić information content (AvgIpc) is 2.20. The molecule has 1 aliphatic rings. The molecular weight excluding hydrogens is 264 g/mol. The smallest absolute Gasteiger partial charge is 0.0378 e. The van der Waals surface area contributed by atoms with Crippen LogP contribution in [0.5, 0.6) is 0 Å². The molecule has 0 bridgehead atoms. The van der Waals surface area contributed by atoms with Crippen molar-refractivity contribution in [2.45, 2.75) is 32.2 Å². The van der Waals surface area contributed by atoms with E-state index in [9.17, 15) is 0 Å². The van der Waals surface area contributed by atoms with Gasteiger partial charge in [0, 0.05) is 28.8 Å². The number of piperidine rings is 1. The molecule has 0 aromatic heterocycles. The molecule has 1 aromatic rings. The fourth-order valence-corrected chi connectivity index (χ4v) is 2.63. The number of benzene rings is 1. The van der Waals surface area contributed by atoms with Crippen molar-refractivity contribution in [3.8, 4) is 0 Å². The lowest BCUT2D eigenvalue weighted by atomic mass is 9.92. The maximum absolute atomic E-state index is 6.22. The largest absolute Gasteiger partial charge is 0.370 e. The fraction of sp³-hybridized carbons (Fsp3) is 0.538. The predicted molar refractivity (Wildman–Crippen MR) is 72.9 cm³/mol. The van der Waals surface area contributed by atoms with Crippen LogP contribution in [-0.2, 0) is 0 Å². The van der Waals surface area contributed by atoms with Crippen molar-refractivity contribution in [2.24, 2.45) is 5.73 Å². The first-order valence-electron chi connectivity index (χ1n) is 5.78. The van der Waals surface area contributed by atoms with Crippen LogP contribution in [0.3, 0.4) is 0 Å². The van der Waals surface area contributed by atoms with Gasteiger partial charge < -0.3 is 10.6 Å². The van der Waals surface area contributed by atoms with Gasteiger partial charge in [0.15, 0.2) is 0 Å². The van der Waals surface area contributed by atoms with Crippen molar-refractivity contribution < 1.29 is 0 Å². The van der Waals surface area contributed by atoms with Crippen molar-refractivity contribution in [3.63, 3.8) is 0 Å². The van der Waals surface area contributed by atoms with Gasteiger partial charge in [-0.05, 0) is 44.4 Å². The van der Waals surface area contributed by atoms with E-state index in [1.807, 2.05) is 0 Å².